The molecule has 0 N–H and O–H groups in total. The fourth-order valence-electron chi connectivity index (χ4n) is 7.59. The van der Waals surface area contributed by atoms with Crippen LogP contribution < -0.4 is 0 Å². The van der Waals surface area contributed by atoms with Gasteiger partial charge in [0.2, 0.25) is 0 Å². The molecular weight excluding hydrogens is 643 g/mol. The highest BCUT2D eigenvalue weighted by Crippen LogP contribution is 2.35. The molecule has 0 atom stereocenters. The summed E-state index contributed by atoms with van der Waals surface area (Å²) < 4.78 is 2.36. The highest BCUT2D eigenvalue weighted by Gasteiger charge is 2.14. The normalized spacial score (nSPS) is 11.4. The van der Waals surface area contributed by atoms with Gasteiger partial charge in [0, 0.05) is 33.2 Å². The lowest BCUT2D eigenvalue weighted by Gasteiger charge is -2.12. The van der Waals surface area contributed by atoms with Crippen LogP contribution in [0.25, 0.3) is 94.4 Å². The van der Waals surface area contributed by atoms with Gasteiger partial charge in [-0.25, -0.2) is 9.97 Å². The zero-order chi connectivity index (χ0) is 35.1. The minimum absolute atomic E-state index is 0.709. The Morgan fingerprint density at radius 1 is 0.321 bits per heavy atom. The largest absolute Gasteiger partial charge is 0.309 e. The van der Waals surface area contributed by atoms with E-state index in [1.165, 1.54) is 43.7 Å². The molecule has 10 aromatic rings. The molecule has 0 aliphatic heterocycles. The zero-order valence-corrected chi connectivity index (χ0v) is 28.9. The van der Waals surface area contributed by atoms with Crippen molar-refractivity contribution in [2.45, 2.75) is 0 Å². The second-order valence-corrected chi connectivity index (χ2v) is 13.4. The number of hydrogen-bond donors (Lipinski definition) is 0. The molecular formula is C50H33N3. The lowest BCUT2D eigenvalue weighted by molar-refractivity contribution is 1.18. The first kappa shape index (κ1) is 30.7. The van der Waals surface area contributed by atoms with Crippen molar-refractivity contribution in [2.24, 2.45) is 0 Å². The van der Waals surface area contributed by atoms with E-state index in [0.29, 0.717) is 5.82 Å². The summed E-state index contributed by atoms with van der Waals surface area (Å²) in [5, 5.41) is 4.92. The van der Waals surface area contributed by atoms with E-state index in [-0.39, 0.29) is 0 Å². The van der Waals surface area contributed by atoms with Gasteiger partial charge < -0.3 is 4.57 Å². The molecule has 248 valence electrons. The predicted molar refractivity (Wildman–Crippen MR) is 221 cm³/mol. The standard InChI is InChI=1S/C50H33N3/c1-2-12-39(13-3-1)46-33-47(43-18-10-14-38-11-4-5-15-42(38)43)52-50(51-46)40-27-25-36(26-28-40)34-21-23-35(24-22-34)37-29-31-41(32-30-37)53-48-19-8-6-16-44(48)45-17-7-9-20-49(45)53/h1-33H. The SMILES string of the molecule is c1ccc(-c2cc(-c3cccc4ccccc34)nc(-c3ccc(-c4ccc(-c5ccc(-n6c7ccccc7c7ccccc76)cc5)cc4)cc3)n2)cc1. The van der Waals surface area contributed by atoms with Crippen molar-refractivity contribution in [3.8, 4) is 61.8 Å². The van der Waals surface area contributed by atoms with Gasteiger partial charge in [-0.05, 0) is 63.4 Å². The van der Waals surface area contributed by atoms with Crippen LogP contribution in [0.1, 0.15) is 0 Å². The van der Waals surface area contributed by atoms with Gasteiger partial charge in [0.05, 0.1) is 22.4 Å². The molecule has 0 unspecified atom stereocenters. The van der Waals surface area contributed by atoms with Gasteiger partial charge in [0.25, 0.3) is 0 Å². The zero-order valence-electron chi connectivity index (χ0n) is 28.9. The smallest absolute Gasteiger partial charge is 0.160 e. The van der Waals surface area contributed by atoms with Crippen LogP contribution in [-0.2, 0) is 0 Å². The number of aromatic nitrogens is 3. The summed E-state index contributed by atoms with van der Waals surface area (Å²) in [6, 6.07) is 70.9. The quantitative estimate of drug-likeness (QED) is 0.176. The van der Waals surface area contributed by atoms with Crippen LogP contribution in [0.3, 0.4) is 0 Å². The highest BCUT2D eigenvalue weighted by atomic mass is 15.0. The molecule has 2 heterocycles. The predicted octanol–water partition coefficient (Wildman–Crippen LogP) is 13.1. The minimum Gasteiger partial charge on any atom is -0.309 e. The number of nitrogens with zero attached hydrogens (tertiary/aromatic N) is 3. The third kappa shape index (κ3) is 5.56. The maximum Gasteiger partial charge on any atom is 0.160 e. The molecule has 0 spiro atoms. The molecule has 0 aliphatic carbocycles. The van der Waals surface area contributed by atoms with Crippen LogP contribution in [-0.4, -0.2) is 14.5 Å². The molecule has 10 rings (SSSR count). The summed E-state index contributed by atoms with van der Waals surface area (Å²) >= 11 is 0. The number of rotatable bonds is 6. The van der Waals surface area contributed by atoms with Crippen LogP contribution >= 0.6 is 0 Å². The van der Waals surface area contributed by atoms with Gasteiger partial charge in [-0.2, -0.15) is 0 Å². The maximum atomic E-state index is 5.14. The molecule has 0 radical (unpaired) electrons. The molecule has 0 saturated heterocycles. The molecule has 0 saturated carbocycles. The average molecular weight is 676 g/mol. The second kappa shape index (κ2) is 12.9. The first-order valence-corrected chi connectivity index (χ1v) is 18.0. The van der Waals surface area contributed by atoms with Crippen LogP contribution in [0.5, 0.6) is 0 Å². The van der Waals surface area contributed by atoms with Crippen molar-refractivity contribution < 1.29 is 0 Å². The van der Waals surface area contributed by atoms with Crippen molar-refractivity contribution in [2.75, 3.05) is 0 Å². The Kier molecular flexibility index (Phi) is 7.47. The van der Waals surface area contributed by atoms with E-state index < -0.39 is 0 Å². The number of fused-ring (bicyclic) bond motifs is 4. The van der Waals surface area contributed by atoms with E-state index in [1.54, 1.807) is 0 Å². The fraction of sp³-hybridized carbons (Fsp3) is 0. The average Bonchev–Trinajstić information content (AvgIpc) is 3.58. The van der Waals surface area contributed by atoms with Gasteiger partial charge in [-0.3, -0.25) is 0 Å². The fourth-order valence-corrected chi connectivity index (χ4v) is 7.59. The van der Waals surface area contributed by atoms with Gasteiger partial charge in [0.15, 0.2) is 5.82 Å². The van der Waals surface area contributed by atoms with E-state index in [4.69, 9.17) is 9.97 Å². The molecule has 3 nitrogen and oxygen atoms in total. The van der Waals surface area contributed by atoms with Crippen molar-refractivity contribution in [3.63, 3.8) is 0 Å². The topological polar surface area (TPSA) is 30.7 Å². The van der Waals surface area contributed by atoms with Crippen molar-refractivity contribution >= 4 is 32.6 Å². The molecule has 53 heavy (non-hydrogen) atoms. The molecule has 2 aromatic heterocycles. The number of benzene rings is 8. The summed E-state index contributed by atoms with van der Waals surface area (Å²) in [5.74, 6) is 0.709. The first-order valence-electron chi connectivity index (χ1n) is 18.0. The molecule has 0 aliphatic rings. The Labute approximate surface area is 308 Å². The Bertz CT molecular complexity index is 2850. The summed E-state index contributed by atoms with van der Waals surface area (Å²) in [4.78, 5) is 10.2. The van der Waals surface area contributed by atoms with E-state index in [0.717, 1.165) is 44.9 Å². The Hall–Kier alpha value is -7.10. The third-order valence-electron chi connectivity index (χ3n) is 10.3. The monoisotopic (exact) mass is 675 g/mol. The van der Waals surface area contributed by atoms with Crippen LogP contribution in [0, 0.1) is 0 Å². The van der Waals surface area contributed by atoms with Gasteiger partial charge >= 0.3 is 0 Å². The summed E-state index contributed by atoms with van der Waals surface area (Å²) in [6.45, 7) is 0. The van der Waals surface area contributed by atoms with E-state index in [2.05, 4.69) is 199 Å². The van der Waals surface area contributed by atoms with Gasteiger partial charge in [0.1, 0.15) is 0 Å². The Morgan fingerprint density at radius 3 is 1.42 bits per heavy atom. The van der Waals surface area contributed by atoms with Crippen molar-refractivity contribution in [1.82, 2.24) is 14.5 Å². The van der Waals surface area contributed by atoms with E-state index >= 15 is 0 Å². The summed E-state index contributed by atoms with van der Waals surface area (Å²) in [5.41, 5.74) is 13.2. The summed E-state index contributed by atoms with van der Waals surface area (Å²) in [7, 11) is 0. The molecule has 3 heteroatoms. The number of para-hydroxylation sites is 2. The van der Waals surface area contributed by atoms with Crippen molar-refractivity contribution in [3.05, 3.63) is 200 Å². The van der Waals surface area contributed by atoms with Crippen LogP contribution in [0.4, 0.5) is 0 Å². The first-order chi connectivity index (χ1) is 26.3. The number of hydrogen-bond acceptors (Lipinski definition) is 2. The van der Waals surface area contributed by atoms with E-state index in [9.17, 15) is 0 Å². The third-order valence-corrected chi connectivity index (χ3v) is 10.3. The molecule has 0 bridgehead atoms. The molecule has 0 fully saturated rings. The Morgan fingerprint density at radius 2 is 0.792 bits per heavy atom. The maximum absolute atomic E-state index is 5.14. The summed E-state index contributed by atoms with van der Waals surface area (Å²) in [6.07, 6.45) is 0. The molecule has 0 amide bonds. The highest BCUT2D eigenvalue weighted by molar-refractivity contribution is 6.09. The lowest BCUT2D eigenvalue weighted by Crippen LogP contribution is -1.96. The van der Waals surface area contributed by atoms with Crippen molar-refractivity contribution in [1.29, 1.82) is 0 Å². The van der Waals surface area contributed by atoms with Crippen LogP contribution in [0.2, 0.25) is 0 Å². The Balaban J connectivity index is 0.947. The van der Waals surface area contributed by atoms with E-state index in [1.807, 2.05) is 6.07 Å². The van der Waals surface area contributed by atoms with Gasteiger partial charge in [-0.1, -0.05) is 170 Å². The lowest BCUT2D eigenvalue weighted by atomic mass is 9.99. The van der Waals surface area contributed by atoms with Gasteiger partial charge in [-0.15, -0.1) is 0 Å². The second-order valence-electron chi connectivity index (χ2n) is 13.4. The minimum atomic E-state index is 0.709. The van der Waals surface area contributed by atoms with Crippen LogP contribution in [0.15, 0.2) is 200 Å². The molecule has 8 aromatic carbocycles.